The molecule has 0 unspecified atom stereocenters. The molecule has 3 rings (SSSR count). The lowest BCUT2D eigenvalue weighted by atomic mass is 9.51. The number of amides is 2. The Bertz CT molecular complexity index is 787. The van der Waals surface area contributed by atoms with Gasteiger partial charge in [-0.3, -0.25) is 9.59 Å². The predicted octanol–water partition coefficient (Wildman–Crippen LogP) is 4.74. The minimum absolute atomic E-state index is 0.0181. The molecule has 32 heavy (non-hydrogen) atoms. The molecule has 1 aromatic rings. The van der Waals surface area contributed by atoms with Gasteiger partial charge in [-0.15, -0.1) is 11.3 Å². The first-order valence-electron chi connectivity index (χ1n) is 12.2. The lowest BCUT2D eigenvalue weighted by molar-refractivity contribution is -0.144. The Balaban J connectivity index is 1.66. The summed E-state index contributed by atoms with van der Waals surface area (Å²) >= 11 is 1.64. The van der Waals surface area contributed by atoms with Crippen molar-refractivity contribution >= 4 is 23.2 Å². The molecule has 2 amide bonds. The SMILES string of the molecule is C[C@@H]1[C@@H]2[C@@H](O)[C@@H]([C@H](C)C(=O)NCc3cccs3)CC[C@]2(C)CC[C@@H]1NC(=O)CC(C)(C)C. The summed E-state index contributed by atoms with van der Waals surface area (Å²) in [5.41, 5.74) is 0.0195. The average molecular weight is 463 g/mol. The van der Waals surface area contributed by atoms with E-state index in [4.69, 9.17) is 0 Å². The molecule has 2 aliphatic rings. The van der Waals surface area contributed by atoms with Crippen LogP contribution in [0.2, 0.25) is 0 Å². The van der Waals surface area contributed by atoms with Crippen LogP contribution in [0.1, 0.15) is 78.5 Å². The third-order valence-corrected chi connectivity index (χ3v) is 8.87. The second-order valence-corrected chi connectivity index (χ2v) is 12.8. The van der Waals surface area contributed by atoms with E-state index in [9.17, 15) is 14.7 Å². The van der Waals surface area contributed by atoms with Crippen molar-refractivity contribution in [3.8, 4) is 0 Å². The summed E-state index contributed by atoms with van der Waals surface area (Å²) in [5.74, 6) is 0.0884. The van der Waals surface area contributed by atoms with E-state index >= 15 is 0 Å². The Morgan fingerprint density at radius 1 is 1.28 bits per heavy atom. The monoisotopic (exact) mass is 462 g/mol. The number of aliphatic hydroxyl groups excluding tert-OH is 1. The molecule has 1 heterocycles. The van der Waals surface area contributed by atoms with Gasteiger partial charge in [0.15, 0.2) is 0 Å². The van der Waals surface area contributed by atoms with Crippen molar-refractivity contribution in [2.45, 2.75) is 92.3 Å². The van der Waals surface area contributed by atoms with Crippen molar-refractivity contribution in [2.24, 2.45) is 34.5 Å². The van der Waals surface area contributed by atoms with Crippen LogP contribution in [0.4, 0.5) is 0 Å². The Kier molecular flexibility index (Phi) is 7.76. The molecule has 0 aromatic carbocycles. The molecule has 0 saturated heterocycles. The largest absolute Gasteiger partial charge is 0.392 e. The molecule has 0 bridgehead atoms. The normalized spacial score (nSPS) is 33.8. The number of thiophene rings is 1. The van der Waals surface area contributed by atoms with E-state index in [0.29, 0.717) is 13.0 Å². The fraction of sp³-hybridized carbons (Fsp3) is 0.769. The molecule has 2 aliphatic carbocycles. The molecule has 0 radical (unpaired) electrons. The molecule has 2 saturated carbocycles. The van der Waals surface area contributed by atoms with Gasteiger partial charge < -0.3 is 15.7 Å². The van der Waals surface area contributed by atoms with Gasteiger partial charge in [0.05, 0.1) is 12.6 Å². The van der Waals surface area contributed by atoms with Crippen molar-refractivity contribution in [2.75, 3.05) is 0 Å². The van der Waals surface area contributed by atoms with Gasteiger partial charge in [0.2, 0.25) is 11.8 Å². The fourth-order valence-corrected chi connectivity index (χ4v) is 6.82. The maximum absolute atomic E-state index is 12.9. The van der Waals surface area contributed by atoms with E-state index < -0.39 is 6.10 Å². The van der Waals surface area contributed by atoms with Crippen molar-refractivity contribution in [3.05, 3.63) is 22.4 Å². The Morgan fingerprint density at radius 3 is 2.59 bits per heavy atom. The smallest absolute Gasteiger partial charge is 0.223 e. The van der Waals surface area contributed by atoms with E-state index in [2.05, 4.69) is 45.3 Å². The Labute approximate surface area is 197 Å². The van der Waals surface area contributed by atoms with Crippen LogP contribution in [0, 0.1) is 34.5 Å². The zero-order chi connectivity index (χ0) is 23.7. The minimum Gasteiger partial charge on any atom is -0.392 e. The molecule has 0 aliphatic heterocycles. The van der Waals surface area contributed by atoms with Crippen molar-refractivity contribution in [1.29, 1.82) is 0 Å². The van der Waals surface area contributed by atoms with Crippen LogP contribution in [0.5, 0.6) is 0 Å². The average Bonchev–Trinajstić information content (AvgIpc) is 3.20. The number of carbonyl (C=O) groups excluding carboxylic acids is 2. The second kappa shape index (κ2) is 9.84. The summed E-state index contributed by atoms with van der Waals surface area (Å²) in [4.78, 5) is 26.6. The third kappa shape index (κ3) is 5.74. The highest BCUT2D eigenvalue weighted by atomic mass is 32.1. The van der Waals surface area contributed by atoms with Crippen LogP contribution in [0.15, 0.2) is 17.5 Å². The van der Waals surface area contributed by atoms with Gasteiger partial charge in [0.25, 0.3) is 0 Å². The Morgan fingerprint density at radius 2 is 1.97 bits per heavy atom. The number of nitrogens with one attached hydrogen (secondary N) is 2. The number of carbonyl (C=O) groups is 2. The first kappa shape index (κ1) is 25.2. The van der Waals surface area contributed by atoms with Gasteiger partial charge in [-0.2, -0.15) is 0 Å². The zero-order valence-corrected chi connectivity index (χ0v) is 21.4. The number of rotatable bonds is 6. The molecule has 2 fully saturated rings. The van der Waals surface area contributed by atoms with E-state index in [1.54, 1.807) is 11.3 Å². The van der Waals surface area contributed by atoms with Gasteiger partial charge in [-0.05, 0) is 65.7 Å². The van der Waals surface area contributed by atoms with E-state index in [1.165, 1.54) is 0 Å². The van der Waals surface area contributed by atoms with Crippen molar-refractivity contribution in [3.63, 3.8) is 0 Å². The maximum atomic E-state index is 12.9. The molecular formula is C26H42N2O3S. The highest BCUT2D eigenvalue weighted by molar-refractivity contribution is 7.09. The zero-order valence-electron chi connectivity index (χ0n) is 20.6. The quantitative estimate of drug-likeness (QED) is 0.571. The Hall–Kier alpha value is -1.40. The number of hydrogen-bond donors (Lipinski definition) is 3. The summed E-state index contributed by atoms with van der Waals surface area (Å²) in [7, 11) is 0. The lowest BCUT2D eigenvalue weighted by Crippen LogP contribution is -2.58. The maximum Gasteiger partial charge on any atom is 0.223 e. The minimum atomic E-state index is -0.534. The van der Waals surface area contributed by atoms with Gasteiger partial charge in [0, 0.05) is 23.3 Å². The van der Waals surface area contributed by atoms with Crippen LogP contribution in [0.3, 0.4) is 0 Å². The molecule has 7 atom stereocenters. The van der Waals surface area contributed by atoms with Gasteiger partial charge >= 0.3 is 0 Å². The van der Waals surface area contributed by atoms with E-state index in [1.807, 2.05) is 24.4 Å². The van der Waals surface area contributed by atoms with E-state index in [0.717, 1.165) is 30.6 Å². The number of fused-ring (bicyclic) bond motifs is 1. The van der Waals surface area contributed by atoms with Crippen molar-refractivity contribution < 1.29 is 14.7 Å². The first-order chi connectivity index (χ1) is 14.9. The molecule has 180 valence electrons. The molecule has 3 N–H and O–H groups in total. The van der Waals surface area contributed by atoms with Gasteiger partial charge in [0.1, 0.15) is 0 Å². The second-order valence-electron chi connectivity index (χ2n) is 11.8. The summed E-state index contributed by atoms with van der Waals surface area (Å²) in [5, 5.41) is 19.9. The van der Waals surface area contributed by atoms with E-state index in [-0.39, 0.29) is 52.4 Å². The fourth-order valence-electron chi connectivity index (χ4n) is 6.18. The summed E-state index contributed by atoms with van der Waals surface area (Å²) < 4.78 is 0. The molecule has 0 spiro atoms. The summed E-state index contributed by atoms with van der Waals surface area (Å²) in [6.45, 7) is 13.2. The number of aliphatic hydroxyl groups is 1. The van der Waals surface area contributed by atoms with Crippen LogP contribution >= 0.6 is 11.3 Å². The summed E-state index contributed by atoms with van der Waals surface area (Å²) in [6.07, 6.45) is 3.83. The van der Waals surface area contributed by atoms with Crippen LogP contribution < -0.4 is 10.6 Å². The van der Waals surface area contributed by atoms with Crippen LogP contribution in [-0.2, 0) is 16.1 Å². The first-order valence-corrected chi connectivity index (χ1v) is 13.1. The van der Waals surface area contributed by atoms with Gasteiger partial charge in [-0.25, -0.2) is 0 Å². The molecular weight excluding hydrogens is 420 g/mol. The van der Waals surface area contributed by atoms with Crippen LogP contribution in [-0.4, -0.2) is 29.1 Å². The molecule has 1 aromatic heterocycles. The summed E-state index contributed by atoms with van der Waals surface area (Å²) in [6, 6.07) is 4.09. The van der Waals surface area contributed by atoms with Crippen LogP contribution in [0.25, 0.3) is 0 Å². The highest BCUT2D eigenvalue weighted by Gasteiger charge is 2.53. The molecule has 6 heteroatoms. The topological polar surface area (TPSA) is 78.4 Å². The standard InChI is InChI=1S/C26H42N2O3S/c1-16(24(31)27-15-18-8-7-13-32-18)19-9-11-26(6)12-10-20(17(2)22(26)23(19)30)28-21(29)14-25(3,4)5/h7-8,13,16-17,19-20,22-23,30H,9-12,14-15H2,1-6H3,(H,27,31)(H,28,29)/t16-,17-,19+,20-,22+,23-,26+/m0/s1. The lowest BCUT2D eigenvalue weighted by Gasteiger charge is -2.56. The molecule has 5 nitrogen and oxygen atoms in total. The predicted molar refractivity (Wildman–Crippen MR) is 130 cm³/mol. The van der Waals surface area contributed by atoms with Crippen molar-refractivity contribution in [1.82, 2.24) is 10.6 Å². The highest BCUT2D eigenvalue weighted by Crippen LogP contribution is 2.55. The van der Waals surface area contributed by atoms with Gasteiger partial charge in [-0.1, -0.05) is 47.6 Å². The number of hydrogen-bond acceptors (Lipinski definition) is 4. The third-order valence-electron chi connectivity index (χ3n) is 8.00.